The number of ether oxygens (including phenoxy) is 1. The third-order valence-corrected chi connectivity index (χ3v) is 3.85. The summed E-state index contributed by atoms with van der Waals surface area (Å²) in [6.07, 6.45) is 3.09. The first-order chi connectivity index (χ1) is 9.90. The first-order valence-electron chi connectivity index (χ1n) is 6.95. The van der Waals surface area contributed by atoms with E-state index in [2.05, 4.69) is 59.0 Å². The smallest absolute Gasteiger partial charge is 0.122 e. The van der Waals surface area contributed by atoms with Crippen LogP contribution in [0.15, 0.2) is 48.7 Å². The van der Waals surface area contributed by atoms with Crippen LogP contribution in [0.2, 0.25) is 0 Å². The molecule has 1 aliphatic heterocycles. The van der Waals surface area contributed by atoms with Gasteiger partial charge in [-0.15, -0.1) is 0 Å². The van der Waals surface area contributed by atoms with Gasteiger partial charge in [-0.25, -0.2) is 0 Å². The minimum atomic E-state index is 0.807. The van der Waals surface area contributed by atoms with Crippen molar-refractivity contribution in [2.45, 2.75) is 13.0 Å². The summed E-state index contributed by atoms with van der Waals surface area (Å²) in [5.74, 6) is 1.03. The number of nitrogens with one attached hydrogen (secondary N) is 2. The van der Waals surface area contributed by atoms with Gasteiger partial charge in [-0.1, -0.05) is 18.2 Å². The second-order valence-electron chi connectivity index (χ2n) is 5.13. The van der Waals surface area contributed by atoms with Gasteiger partial charge >= 0.3 is 0 Å². The SMILES string of the molecule is c1ccc2c(CNc3ccc4c(c3)CCO4)c[nH]c2c1. The maximum atomic E-state index is 5.53. The fourth-order valence-corrected chi connectivity index (χ4v) is 2.77. The lowest BCUT2D eigenvalue weighted by Gasteiger charge is -2.07. The lowest BCUT2D eigenvalue weighted by molar-refractivity contribution is 0.357. The normalized spacial score (nSPS) is 13.2. The van der Waals surface area contributed by atoms with Crippen molar-refractivity contribution < 1.29 is 4.74 Å². The molecule has 0 amide bonds. The third kappa shape index (κ3) is 1.92. The van der Waals surface area contributed by atoms with Crippen LogP contribution >= 0.6 is 0 Å². The molecule has 3 nitrogen and oxygen atoms in total. The van der Waals surface area contributed by atoms with E-state index in [4.69, 9.17) is 4.74 Å². The van der Waals surface area contributed by atoms with Gasteiger partial charge in [0.25, 0.3) is 0 Å². The number of para-hydroxylation sites is 1. The molecule has 0 unspecified atom stereocenters. The summed E-state index contributed by atoms with van der Waals surface area (Å²) in [5.41, 5.74) is 4.93. The van der Waals surface area contributed by atoms with E-state index >= 15 is 0 Å². The zero-order valence-corrected chi connectivity index (χ0v) is 11.1. The molecule has 3 heteroatoms. The van der Waals surface area contributed by atoms with E-state index in [1.807, 2.05) is 0 Å². The minimum absolute atomic E-state index is 0.807. The largest absolute Gasteiger partial charge is 0.493 e. The fourth-order valence-electron chi connectivity index (χ4n) is 2.77. The van der Waals surface area contributed by atoms with Gasteiger partial charge in [0.15, 0.2) is 0 Å². The molecule has 20 heavy (non-hydrogen) atoms. The minimum Gasteiger partial charge on any atom is -0.493 e. The molecule has 2 aromatic carbocycles. The topological polar surface area (TPSA) is 37.0 Å². The first-order valence-corrected chi connectivity index (χ1v) is 6.95. The van der Waals surface area contributed by atoms with E-state index < -0.39 is 0 Å². The molecule has 0 spiro atoms. The molecule has 1 aliphatic rings. The van der Waals surface area contributed by atoms with Gasteiger partial charge in [0.2, 0.25) is 0 Å². The van der Waals surface area contributed by atoms with Gasteiger partial charge < -0.3 is 15.0 Å². The quantitative estimate of drug-likeness (QED) is 0.756. The van der Waals surface area contributed by atoms with E-state index in [9.17, 15) is 0 Å². The van der Waals surface area contributed by atoms with Gasteiger partial charge in [0, 0.05) is 35.8 Å². The third-order valence-electron chi connectivity index (χ3n) is 3.85. The van der Waals surface area contributed by atoms with E-state index in [-0.39, 0.29) is 0 Å². The van der Waals surface area contributed by atoms with Gasteiger partial charge in [0.1, 0.15) is 5.75 Å². The molecule has 100 valence electrons. The molecule has 0 atom stereocenters. The monoisotopic (exact) mass is 264 g/mol. The molecule has 3 aromatic rings. The molecular formula is C17H16N2O. The van der Waals surface area contributed by atoms with Crippen molar-refractivity contribution in [3.05, 3.63) is 59.8 Å². The lowest BCUT2D eigenvalue weighted by Crippen LogP contribution is -1.98. The van der Waals surface area contributed by atoms with Gasteiger partial charge in [-0.3, -0.25) is 0 Å². The van der Waals surface area contributed by atoms with Crippen LogP contribution in [-0.4, -0.2) is 11.6 Å². The van der Waals surface area contributed by atoms with Crippen LogP contribution in [0.1, 0.15) is 11.1 Å². The number of aromatic nitrogens is 1. The summed E-state index contributed by atoms with van der Waals surface area (Å²) in [7, 11) is 0. The fraction of sp³-hybridized carbons (Fsp3) is 0.176. The van der Waals surface area contributed by atoms with Crippen LogP contribution in [0.25, 0.3) is 10.9 Å². The standard InChI is InChI=1S/C17H16N2O/c1-2-4-16-15(3-1)13(11-19-16)10-18-14-5-6-17-12(9-14)7-8-20-17/h1-6,9,11,18-19H,7-8,10H2. The van der Waals surface area contributed by atoms with Crippen molar-refractivity contribution >= 4 is 16.6 Å². The van der Waals surface area contributed by atoms with Crippen LogP contribution in [0.5, 0.6) is 5.75 Å². The van der Waals surface area contributed by atoms with E-state index in [1.165, 1.54) is 22.0 Å². The van der Waals surface area contributed by atoms with Gasteiger partial charge in [-0.2, -0.15) is 0 Å². The Balaban J connectivity index is 1.55. The summed E-state index contributed by atoms with van der Waals surface area (Å²) in [6, 6.07) is 14.7. The predicted octanol–water partition coefficient (Wildman–Crippen LogP) is 3.71. The molecule has 1 aromatic heterocycles. The van der Waals surface area contributed by atoms with Crippen LogP contribution in [0.3, 0.4) is 0 Å². The predicted molar refractivity (Wildman–Crippen MR) is 81.3 cm³/mol. The average Bonchev–Trinajstić information content (AvgIpc) is 3.11. The molecule has 0 aliphatic carbocycles. The van der Waals surface area contributed by atoms with Crippen LogP contribution in [0, 0.1) is 0 Å². The molecule has 0 saturated heterocycles. The summed E-state index contributed by atoms with van der Waals surface area (Å²) in [6.45, 7) is 1.63. The Kier molecular flexibility index (Phi) is 2.62. The second-order valence-corrected chi connectivity index (χ2v) is 5.13. The number of fused-ring (bicyclic) bond motifs is 2. The molecule has 2 N–H and O–H groups in total. The molecule has 0 fully saturated rings. The second kappa shape index (κ2) is 4.60. The van der Waals surface area contributed by atoms with Crippen LogP contribution in [0.4, 0.5) is 5.69 Å². The van der Waals surface area contributed by atoms with Gasteiger partial charge in [-0.05, 0) is 35.4 Å². The maximum absolute atomic E-state index is 5.53. The summed E-state index contributed by atoms with van der Waals surface area (Å²) >= 11 is 0. The average molecular weight is 264 g/mol. The molecule has 4 rings (SSSR count). The van der Waals surface area contributed by atoms with Crippen molar-refractivity contribution in [2.24, 2.45) is 0 Å². The number of hydrogen-bond donors (Lipinski definition) is 2. The highest BCUT2D eigenvalue weighted by Gasteiger charge is 2.12. The number of aromatic amines is 1. The Morgan fingerprint density at radius 2 is 2.10 bits per heavy atom. The van der Waals surface area contributed by atoms with Crippen molar-refractivity contribution in [1.29, 1.82) is 0 Å². The Labute approximate surface area is 117 Å². The Bertz CT molecular complexity index is 761. The van der Waals surface area contributed by atoms with E-state index in [0.717, 1.165) is 31.0 Å². The summed E-state index contributed by atoms with van der Waals surface area (Å²) in [4.78, 5) is 3.31. The molecule has 0 saturated carbocycles. The number of hydrogen-bond acceptors (Lipinski definition) is 2. The molecule has 0 radical (unpaired) electrons. The van der Waals surface area contributed by atoms with Crippen LogP contribution < -0.4 is 10.1 Å². The van der Waals surface area contributed by atoms with Gasteiger partial charge in [0.05, 0.1) is 6.61 Å². The Morgan fingerprint density at radius 1 is 1.15 bits per heavy atom. The van der Waals surface area contributed by atoms with Crippen molar-refractivity contribution in [3.63, 3.8) is 0 Å². The van der Waals surface area contributed by atoms with E-state index in [1.54, 1.807) is 0 Å². The van der Waals surface area contributed by atoms with Crippen LogP contribution in [-0.2, 0) is 13.0 Å². The van der Waals surface area contributed by atoms with Crippen molar-refractivity contribution in [2.75, 3.05) is 11.9 Å². The molecular weight excluding hydrogens is 248 g/mol. The highest BCUT2D eigenvalue weighted by atomic mass is 16.5. The Hall–Kier alpha value is -2.42. The number of rotatable bonds is 3. The first kappa shape index (κ1) is 11.4. The lowest BCUT2D eigenvalue weighted by atomic mass is 10.1. The maximum Gasteiger partial charge on any atom is 0.122 e. The highest BCUT2D eigenvalue weighted by Crippen LogP contribution is 2.28. The molecule has 0 bridgehead atoms. The number of benzene rings is 2. The zero-order valence-electron chi connectivity index (χ0n) is 11.1. The van der Waals surface area contributed by atoms with E-state index in [0.29, 0.717) is 0 Å². The zero-order chi connectivity index (χ0) is 13.4. The van der Waals surface area contributed by atoms with Crippen molar-refractivity contribution in [3.8, 4) is 5.75 Å². The number of H-pyrrole nitrogens is 1. The highest BCUT2D eigenvalue weighted by molar-refractivity contribution is 5.83. The summed E-state index contributed by atoms with van der Waals surface area (Å²) < 4.78 is 5.53. The number of anilines is 1. The van der Waals surface area contributed by atoms with Crippen molar-refractivity contribution in [1.82, 2.24) is 4.98 Å². The molecule has 2 heterocycles. The summed E-state index contributed by atoms with van der Waals surface area (Å²) in [5, 5.41) is 4.78. The Morgan fingerprint density at radius 3 is 3.10 bits per heavy atom.